The highest BCUT2D eigenvalue weighted by atomic mass is 16.5. The van der Waals surface area contributed by atoms with Crippen LogP contribution in [0.1, 0.15) is 38.2 Å². The summed E-state index contributed by atoms with van der Waals surface area (Å²) in [5.41, 5.74) is 8.40. The minimum atomic E-state index is -0.229. The standard InChI is InChI=1S/C18H26N4O3/c1-2-7-25-16-6-4-12(9-13(16)19)17(23)20-10-11-3-5-14-15(8-11)22-18(24)21-14/h3,5,8,12-13,16H,2,4,6-7,9-10,19H2,1H3,(H,20,23)(H2,21,22,24)/t12-,13+,16+/m0/s1. The van der Waals surface area contributed by atoms with Gasteiger partial charge in [-0.3, -0.25) is 4.79 Å². The summed E-state index contributed by atoms with van der Waals surface area (Å²) in [6.07, 6.45) is 3.33. The summed E-state index contributed by atoms with van der Waals surface area (Å²) in [6.45, 7) is 3.23. The van der Waals surface area contributed by atoms with Gasteiger partial charge in [0.05, 0.1) is 17.1 Å². The van der Waals surface area contributed by atoms with E-state index in [2.05, 4.69) is 22.2 Å². The minimum Gasteiger partial charge on any atom is -0.377 e. The first-order chi connectivity index (χ1) is 12.1. The molecule has 2 aromatic rings. The summed E-state index contributed by atoms with van der Waals surface area (Å²) in [5.74, 6) is -0.0284. The molecule has 3 rings (SSSR count). The van der Waals surface area contributed by atoms with Crippen molar-refractivity contribution < 1.29 is 9.53 Å². The van der Waals surface area contributed by atoms with Gasteiger partial charge < -0.3 is 25.8 Å². The van der Waals surface area contributed by atoms with Gasteiger partial charge in [-0.25, -0.2) is 4.79 Å². The summed E-state index contributed by atoms with van der Waals surface area (Å²) in [5, 5.41) is 2.98. The molecule has 1 aliphatic carbocycles. The molecule has 0 radical (unpaired) electrons. The van der Waals surface area contributed by atoms with Crippen molar-refractivity contribution in [1.82, 2.24) is 15.3 Å². The average molecular weight is 346 g/mol. The predicted octanol–water partition coefficient (Wildman–Crippen LogP) is 1.40. The molecule has 1 heterocycles. The monoisotopic (exact) mass is 346 g/mol. The Morgan fingerprint density at radius 2 is 2.12 bits per heavy atom. The van der Waals surface area contributed by atoms with Crippen LogP contribution in [-0.2, 0) is 16.1 Å². The summed E-state index contributed by atoms with van der Waals surface area (Å²) in [7, 11) is 0. The van der Waals surface area contributed by atoms with E-state index in [1.165, 1.54) is 0 Å². The molecular formula is C18H26N4O3. The maximum atomic E-state index is 12.4. The smallest absolute Gasteiger partial charge is 0.323 e. The number of fused-ring (bicyclic) bond motifs is 1. The van der Waals surface area contributed by atoms with E-state index in [4.69, 9.17) is 10.5 Å². The second-order valence-electron chi connectivity index (χ2n) is 6.76. The van der Waals surface area contributed by atoms with Gasteiger partial charge >= 0.3 is 5.69 Å². The minimum absolute atomic E-state index is 0.0343. The van der Waals surface area contributed by atoms with Crippen LogP contribution in [0.3, 0.4) is 0 Å². The Kier molecular flexibility index (Phi) is 5.55. The van der Waals surface area contributed by atoms with Gasteiger partial charge in [0.25, 0.3) is 0 Å². The second kappa shape index (κ2) is 7.84. The van der Waals surface area contributed by atoms with Crippen LogP contribution in [0.25, 0.3) is 11.0 Å². The number of nitrogens with one attached hydrogen (secondary N) is 3. The Bertz CT molecular complexity index is 782. The topological polar surface area (TPSA) is 113 Å². The molecule has 0 spiro atoms. The van der Waals surface area contributed by atoms with E-state index in [1.807, 2.05) is 18.2 Å². The first kappa shape index (κ1) is 17.7. The third-order valence-electron chi connectivity index (χ3n) is 4.79. The molecule has 0 unspecified atom stereocenters. The van der Waals surface area contributed by atoms with Crippen molar-refractivity contribution in [2.24, 2.45) is 11.7 Å². The van der Waals surface area contributed by atoms with E-state index in [-0.39, 0.29) is 29.7 Å². The van der Waals surface area contributed by atoms with Gasteiger partial charge in [0.15, 0.2) is 0 Å². The Balaban J connectivity index is 1.52. The van der Waals surface area contributed by atoms with Crippen LogP contribution >= 0.6 is 0 Å². The zero-order valence-electron chi connectivity index (χ0n) is 14.5. The number of rotatable bonds is 6. The van der Waals surface area contributed by atoms with Gasteiger partial charge in [0.1, 0.15) is 0 Å². The lowest BCUT2D eigenvalue weighted by Gasteiger charge is -2.33. The molecule has 1 amide bonds. The lowest BCUT2D eigenvalue weighted by Crippen LogP contribution is -2.46. The number of nitrogens with two attached hydrogens (primary N) is 1. The zero-order chi connectivity index (χ0) is 17.8. The number of aromatic nitrogens is 2. The van der Waals surface area contributed by atoms with Crippen LogP contribution in [0, 0.1) is 5.92 Å². The molecule has 0 saturated heterocycles. The Morgan fingerprint density at radius 3 is 2.88 bits per heavy atom. The van der Waals surface area contributed by atoms with Gasteiger partial charge in [-0.15, -0.1) is 0 Å². The molecule has 3 atom stereocenters. The maximum Gasteiger partial charge on any atom is 0.323 e. The van der Waals surface area contributed by atoms with E-state index in [1.54, 1.807) is 0 Å². The maximum absolute atomic E-state index is 12.4. The molecule has 1 saturated carbocycles. The number of hydrogen-bond donors (Lipinski definition) is 4. The molecule has 0 aliphatic heterocycles. The van der Waals surface area contributed by atoms with Crippen molar-refractivity contribution in [2.75, 3.05) is 6.61 Å². The highest BCUT2D eigenvalue weighted by molar-refractivity contribution is 5.79. The van der Waals surface area contributed by atoms with E-state index < -0.39 is 0 Å². The molecule has 25 heavy (non-hydrogen) atoms. The van der Waals surface area contributed by atoms with E-state index in [0.717, 1.165) is 42.5 Å². The third-order valence-corrected chi connectivity index (χ3v) is 4.79. The predicted molar refractivity (Wildman–Crippen MR) is 96.1 cm³/mol. The SMILES string of the molecule is CCCO[C@@H]1CC[C@H](C(=O)NCc2ccc3[nH]c(=O)[nH]c3c2)C[C@H]1N. The molecule has 5 N–H and O–H groups in total. The highest BCUT2D eigenvalue weighted by Gasteiger charge is 2.32. The first-order valence-corrected chi connectivity index (χ1v) is 8.92. The molecular weight excluding hydrogens is 320 g/mol. The van der Waals surface area contributed by atoms with Crippen LogP contribution < -0.4 is 16.7 Å². The van der Waals surface area contributed by atoms with Crippen LogP contribution in [0.15, 0.2) is 23.0 Å². The number of imidazole rings is 1. The van der Waals surface area contributed by atoms with Crippen molar-refractivity contribution in [2.45, 2.75) is 51.3 Å². The molecule has 1 aromatic carbocycles. The number of benzene rings is 1. The second-order valence-corrected chi connectivity index (χ2v) is 6.76. The van der Waals surface area contributed by atoms with E-state index >= 15 is 0 Å². The van der Waals surface area contributed by atoms with Crippen LogP contribution in [0.4, 0.5) is 0 Å². The van der Waals surface area contributed by atoms with Gasteiger partial charge in [0, 0.05) is 25.1 Å². The fourth-order valence-electron chi connectivity index (χ4n) is 3.42. The Hall–Kier alpha value is -2.12. The Morgan fingerprint density at radius 1 is 1.32 bits per heavy atom. The number of ether oxygens (including phenoxy) is 1. The fraction of sp³-hybridized carbons (Fsp3) is 0.556. The lowest BCUT2D eigenvalue weighted by atomic mass is 9.83. The average Bonchev–Trinajstić information content (AvgIpc) is 2.97. The summed E-state index contributed by atoms with van der Waals surface area (Å²) < 4.78 is 5.76. The van der Waals surface area contributed by atoms with Crippen molar-refractivity contribution in [3.8, 4) is 0 Å². The number of carbonyl (C=O) groups excluding carboxylic acids is 1. The van der Waals surface area contributed by atoms with Crippen LogP contribution in [0.5, 0.6) is 0 Å². The summed E-state index contributed by atoms with van der Waals surface area (Å²) in [4.78, 5) is 29.2. The van der Waals surface area contributed by atoms with Gasteiger partial charge in [-0.1, -0.05) is 13.0 Å². The van der Waals surface area contributed by atoms with E-state index in [9.17, 15) is 9.59 Å². The Labute approximate surface area is 146 Å². The van der Waals surface area contributed by atoms with Gasteiger partial charge in [0.2, 0.25) is 5.91 Å². The van der Waals surface area contributed by atoms with Crippen LogP contribution in [-0.4, -0.2) is 34.6 Å². The zero-order valence-corrected chi connectivity index (χ0v) is 14.5. The fourth-order valence-corrected chi connectivity index (χ4v) is 3.42. The number of carbonyl (C=O) groups is 1. The van der Waals surface area contributed by atoms with E-state index in [0.29, 0.717) is 13.0 Å². The lowest BCUT2D eigenvalue weighted by molar-refractivity contribution is -0.127. The van der Waals surface area contributed by atoms with Crippen molar-refractivity contribution >= 4 is 16.9 Å². The van der Waals surface area contributed by atoms with Crippen molar-refractivity contribution in [3.05, 3.63) is 34.2 Å². The van der Waals surface area contributed by atoms with Crippen LogP contribution in [0.2, 0.25) is 0 Å². The normalized spacial score (nSPS) is 23.7. The molecule has 1 aliphatic rings. The molecule has 136 valence electrons. The molecule has 1 aromatic heterocycles. The molecule has 0 bridgehead atoms. The van der Waals surface area contributed by atoms with Crippen molar-refractivity contribution in [3.63, 3.8) is 0 Å². The van der Waals surface area contributed by atoms with Gasteiger partial charge in [-0.2, -0.15) is 0 Å². The number of amides is 1. The largest absolute Gasteiger partial charge is 0.377 e. The quantitative estimate of drug-likeness (QED) is 0.633. The number of aromatic amines is 2. The third kappa shape index (κ3) is 4.29. The number of hydrogen-bond acceptors (Lipinski definition) is 4. The first-order valence-electron chi connectivity index (χ1n) is 8.92. The number of H-pyrrole nitrogens is 2. The summed E-state index contributed by atoms with van der Waals surface area (Å²) in [6, 6.07) is 5.51. The molecule has 7 nitrogen and oxygen atoms in total. The molecule has 1 fully saturated rings. The van der Waals surface area contributed by atoms with Crippen molar-refractivity contribution in [1.29, 1.82) is 0 Å². The molecule has 7 heteroatoms. The highest BCUT2D eigenvalue weighted by Crippen LogP contribution is 2.26. The van der Waals surface area contributed by atoms with Gasteiger partial charge in [-0.05, 0) is 43.4 Å². The summed E-state index contributed by atoms with van der Waals surface area (Å²) >= 11 is 0.